The van der Waals surface area contributed by atoms with Gasteiger partial charge in [0, 0.05) is 29.9 Å². The predicted octanol–water partition coefficient (Wildman–Crippen LogP) is 5.89. The third-order valence-electron chi connectivity index (χ3n) is 3.41. The van der Waals surface area contributed by atoms with E-state index in [2.05, 4.69) is 50.2 Å². The van der Waals surface area contributed by atoms with Crippen LogP contribution in [0.15, 0.2) is 36.4 Å². The molecule has 0 amide bonds. The van der Waals surface area contributed by atoms with Crippen molar-refractivity contribution in [2.45, 2.75) is 13.8 Å². The van der Waals surface area contributed by atoms with Crippen LogP contribution >= 0.6 is 22.7 Å². The molecule has 0 atom stereocenters. The lowest BCUT2D eigenvalue weighted by Gasteiger charge is -2.00. The molecule has 0 aliphatic carbocycles. The number of aryl methyl sites for hydroxylation is 2. The Kier molecular flexibility index (Phi) is 2.08. The summed E-state index contributed by atoms with van der Waals surface area (Å²) < 4.78 is 2.86. The van der Waals surface area contributed by atoms with E-state index < -0.39 is 0 Å². The Morgan fingerprint density at radius 1 is 0.667 bits per heavy atom. The fourth-order valence-corrected chi connectivity index (χ4v) is 4.74. The van der Waals surface area contributed by atoms with Crippen LogP contribution in [-0.4, -0.2) is 0 Å². The van der Waals surface area contributed by atoms with Gasteiger partial charge in [-0.3, -0.25) is 0 Å². The number of rotatable bonds is 0. The summed E-state index contributed by atoms with van der Waals surface area (Å²) in [6, 6.07) is 13.6. The number of thiophene rings is 2. The monoisotopic (exact) mass is 268 g/mol. The van der Waals surface area contributed by atoms with E-state index in [9.17, 15) is 0 Å². The van der Waals surface area contributed by atoms with Crippen LogP contribution < -0.4 is 0 Å². The Balaban J connectivity index is 2.29. The third kappa shape index (κ3) is 1.36. The molecule has 0 saturated carbocycles. The molecule has 2 aromatic carbocycles. The van der Waals surface area contributed by atoms with Crippen LogP contribution in [0.3, 0.4) is 0 Å². The van der Waals surface area contributed by atoms with Crippen molar-refractivity contribution in [2.75, 3.05) is 0 Å². The zero-order chi connectivity index (χ0) is 12.3. The van der Waals surface area contributed by atoms with Crippen LogP contribution in [0.1, 0.15) is 9.75 Å². The first kappa shape index (κ1) is 10.5. The van der Waals surface area contributed by atoms with Crippen molar-refractivity contribution in [1.29, 1.82) is 0 Å². The molecule has 0 N–H and O–H groups in total. The second-order valence-electron chi connectivity index (χ2n) is 4.78. The van der Waals surface area contributed by atoms with E-state index in [0.29, 0.717) is 0 Å². The summed E-state index contributed by atoms with van der Waals surface area (Å²) in [6.45, 7) is 4.37. The van der Waals surface area contributed by atoms with Gasteiger partial charge in [-0.1, -0.05) is 24.3 Å². The van der Waals surface area contributed by atoms with Crippen molar-refractivity contribution in [3.63, 3.8) is 0 Å². The van der Waals surface area contributed by atoms with Gasteiger partial charge in [0.25, 0.3) is 0 Å². The zero-order valence-electron chi connectivity index (χ0n) is 10.3. The van der Waals surface area contributed by atoms with Gasteiger partial charge in [-0.2, -0.15) is 0 Å². The second kappa shape index (κ2) is 3.56. The summed E-state index contributed by atoms with van der Waals surface area (Å²) in [5.74, 6) is 0. The van der Waals surface area contributed by atoms with E-state index in [1.807, 2.05) is 22.7 Å². The van der Waals surface area contributed by atoms with E-state index in [1.54, 1.807) is 0 Å². The molecular formula is C16H12S2. The Hall–Kier alpha value is -1.38. The van der Waals surface area contributed by atoms with Gasteiger partial charge in [0.15, 0.2) is 0 Å². The van der Waals surface area contributed by atoms with Crippen LogP contribution in [0.2, 0.25) is 0 Å². The van der Waals surface area contributed by atoms with Gasteiger partial charge < -0.3 is 0 Å². The number of hydrogen-bond donors (Lipinski definition) is 0. The standard InChI is InChI=1S/C16H12S2/c1-9-7-11-3-5-14-13(15(11)17-9)6-4-12-8-10(2)18-16(12)14/h3-8H,1-2H3. The van der Waals surface area contributed by atoms with Crippen molar-refractivity contribution in [3.05, 3.63) is 46.2 Å². The summed E-state index contributed by atoms with van der Waals surface area (Å²) >= 11 is 3.80. The lowest BCUT2D eigenvalue weighted by atomic mass is 10.1. The highest BCUT2D eigenvalue weighted by atomic mass is 32.1. The van der Waals surface area contributed by atoms with Crippen LogP contribution in [0.25, 0.3) is 30.9 Å². The first-order valence-corrected chi connectivity index (χ1v) is 7.68. The topological polar surface area (TPSA) is 0 Å². The molecular weight excluding hydrogens is 256 g/mol. The predicted molar refractivity (Wildman–Crippen MR) is 84.2 cm³/mol. The normalized spacial score (nSPS) is 11.9. The van der Waals surface area contributed by atoms with Crippen molar-refractivity contribution >= 4 is 53.6 Å². The van der Waals surface area contributed by atoms with Gasteiger partial charge in [0.2, 0.25) is 0 Å². The maximum Gasteiger partial charge on any atom is 0.0424 e. The number of benzene rings is 2. The highest BCUT2D eigenvalue weighted by molar-refractivity contribution is 7.21. The van der Waals surface area contributed by atoms with Crippen LogP contribution in [0.4, 0.5) is 0 Å². The van der Waals surface area contributed by atoms with Gasteiger partial charge >= 0.3 is 0 Å². The molecule has 0 bridgehead atoms. The Bertz CT molecular complexity index is 818. The highest BCUT2D eigenvalue weighted by Gasteiger charge is 2.08. The Morgan fingerprint density at radius 3 is 1.56 bits per heavy atom. The molecule has 0 unspecified atom stereocenters. The molecule has 4 rings (SSSR count). The first-order valence-electron chi connectivity index (χ1n) is 6.04. The van der Waals surface area contributed by atoms with Crippen molar-refractivity contribution in [2.24, 2.45) is 0 Å². The molecule has 2 heteroatoms. The molecule has 88 valence electrons. The van der Waals surface area contributed by atoms with Gasteiger partial charge in [-0.05, 0) is 36.8 Å². The minimum absolute atomic E-state index is 1.37. The molecule has 0 spiro atoms. The van der Waals surface area contributed by atoms with E-state index in [0.717, 1.165) is 0 Å². The number of fused-ring (bicyclic) bond motifs is 5. The largest absolute Gasteiger partial charge is 0.140 e. The average molecular weight is 268 g/mol. The molecule has 0 aliphatic rings. The second-order valence-corrected chi connectivity index (χ2v) is 7.29. The summed E-state index contributed by atoms with van der Waals surface area (Å²) in [5.41, 5.74) is 0. The van der Waals surface area contributed by atoms with E-state index in [-0.39, 0.29) is 0 Å². The molecule has 2 heterocycles. The molecule has 2 aromatic heterocycles. The quantitative estimate of drug-likeness (QED) is 0.373. The minimum Gasteiger partial charge on any atom is -0.140 e. The molecule has 0 radical (unpaired) electrons. The molecule has 0 aliphatic heterocycles. The summed E-state index contributed by atoms with van der Waals surface area (Å²) in [7, 11) is 0. The summed E-state index contributed by atoms with van der Waals surface area (Å²) in [5, 5.41) is 5.55. The van der Waals surface area contributed by atoms with Gasteiger partial charge in [0.1, 0.15) is 0 Å². The molecule has 0 saturated heterocycles. The SMILES string of the molecule is Cc1cc2ccc3c(ccc4cc(C)sc43)c2s1. The average Bonchev–Trinajstić information content (AvgIpc) is 2.89. The maximum atomic E-state index is 2.28. The molecule has 0 fully saturated rings. The lowest BCUT2D eigenvalue weighted by molar-refractivity contribution is 1.66. The van der Waals surface area contributed by atoms with E-state index in [4.69, 9.17) is 0 Å². The third-order valence-corrected chi connectivity index (χ3v) is 5.61. The van der Waals surface area contributed by atoms with Gasteiger partial charge in [-0.25, -0.2) is 0 Å². The van der Waals surface area contributed by atoms with E-state index in [1.165, 1.54) is 40.7 Å². The van der Waals surface area contributed by atoms with Crippen molar-refractivity contribution in [1.82, 2.24) is 0 Å². The van der Waals surface area contributed by atoms with Crippen LogP contribution in [0.5, 0.6) is 0 Å². The van der Waals surface area contributed by atoms with Crippen molar-refractivity contribution in [3.8, 4) is 0 Å². The maximum absolute atomic E-state index is 2.28. The molecule has 18 heavy (non-hydrogen) atoms. The highest BCUT2D eigenvalue weighted by Crippen LogP contribution is 2.38. The fourth-order valence-electron chi connectivity index (χ4n) is 2.66. The van der Waals surface area contributed by atoms with Crippen molar-refractivity contribution < 1.29 is 0 Å². The fraction of sp³-hybridized carbons (Fsp3) is 0.125. The van der Waals surface area contributed by atoms with Gasteiger partial charge in [-0.15, -0.1) is 22.7 Å². The first-order chi connectivity index (χ1) is 8.72. The minimum atomic E-state index is 1.37. The molecule has 4 aromatic rings. The van der Waals surface area contributed by atoms with Crippen LogP contribution in [-0.2, 0) is 0 Å². The Labute approximate surface area is 113 Å². The molecule has 0 nitrogen and oxygen atoms in total. The number of hydrogen-bond acceptors (Lipinski definition) is 2. The summed E-state index contributed by atoms with van der Waals surface area (Å²) in [4.78, 5) is 2.78. The van der Waals surface area contributed by atoms with Crippen LogP contribution in [0, 0.1) is 13.8 Å². The smallest absolute Gasteiger partial charge is 0.0424 e. The lowest BCUT2D eigenvalue weighted by Crippen LogP contribution is -1.72. The Morgan fingerprint density at radius 2 is 1.11 bits per heavy atom. The zero-order valence-corrected chi connectivity index (χ0v) is 11.9. The van der Waals surface area contributed by atoms with E-state index >= 15 is 0 Å². The van der Waals surface area contributed by atoms with Gasteiger partial charge in [0.05, 0.1) is 0 Å². The summed E-state index contributed by atoms with van der Waals surface area (Å²) in [6.07, 6.45) is 0.